The molecule has 0 fully saturated rings. The van der Waals surface area contributed by atoms with Crippen LogP contribution >= 0.6 is 22.9 Å². The second-order valence-corrected chi connectivity index (χ2v) is 8.75. The lowest BCUT2D eigenvalue weighted by Crippen LogP contribution is -2.32. The maximum Gasteiger partial charge on any atom is 0.251 e. The van der Waals surface area contributed by atoms with E-state index in [9.17, 15) is 8.42 Å². The first-order valence-corrected chi connectivity index (χ1v) is 10.1. The fourth-order valence-corrected chi connectivity index (χ4v) is 5.58. The first-order valence-electron chi connectivity index (χ1n) is 7.42. The maximum atomic E-state index is 12.5. The zero-order valence-electron chi connectivity index (χ0n) is 13.1. The van der Waals surface area contributed by atoms with Crippen LogP contribution in [0.3, 0.4) is 0 Å². The van der Waals surface area contributed by atoms with Crippen molar-refractivity contribution in [1.82, 2.24) is 4.72 Å². The summed E-state index contributed by atoms with van der Waals surface area (Å²) in [7, 11) is -1.69. The van der Waals surface area contributed by atoms with Gasteiger partial charge in [0.2, 0.25) is 0 Å². The Hall–Kier alpha value is -1.60. The second kappa shape index (κ2) is 7.11. The third-order valence-corrected chi connectivity index (χ3v) is 7.45. The molecule has 3 aromatic rings. The molecule has 0 aliphatic heterocycles. The van der Waals surface area contributed by atoms with Crippen molar-refractivity contribution >= 4 is 48.7 Å². The molecule has 0 saturated carbocycles. The van der Waals surface area contributed by atoms with Gasteiger partial charge in [0.15, 0.2) is 4.21 Å². The van der Waals surface area contributed by atoms with Gasteiger partial charge in [-0.25, -0.2) is 13.1 Å². The number of hydrogen-bond acceptors (Lipinski definition) is 4. The molecule has 1 N–H and O–H groups in total. The highest BCUT2D eigenvalue weighted by Gasteiger charge is 2.22. The van der Waals surface area contributed by atoms with Crippen LogP contribution in [0.5, 0.6) is 0 Å². The Balaban J connectivity index is 1.71. The molecular weight excluding hydrogens is 364 g/mol. The molecule has 126 valence electrons. The number of halogens is 1. The molecule has 2 aromatic carbocycles. The normalized spacial score (nSPS) is 11.8. The third-order valence-electron chi connectivity index (χ3n) is 3.69. The minimum Gasteiger partial charge on any atom is -0.373 e. The summed E-state index contributed by atoms with van der Waals surface area (Å²) in [4.78, 5) is 2.00. The molecule has 0 radical (unpaired) electrons. The SMILES string of the molecule is CN(CCNS(=O)(=O)c1sc2ccccc2c1Cl)c1ccccc1. The van der Waals surface area contributed by atoms with Crippen molar-refractivity contribution in [2.45, 2.75) is 4.21 Å². The van der Waals surface area contributed by atoms with E-state index in [2.05, 4.69) is 4.72 Å². The molecule has 0 bridgehead atoms. The van der Waals surface area contributed by atoms with Crippen LogP contribution in [0.15, 0.2) is 58.8 Å². The average Bonchev–Trinajstić information content (AvgIpc) is 2.94. The van der Waals surface area contributed by atoms with Crippen molar-refractivity contribution < 1.29 is 8.42 Å². The van der Waals surface area contributed by atoms with Gasteiger partial charge in [0, 0.05) is 35.9 Å². The van der Waals surface area contributed by atoms with Gasteiger partial charge >= 0.3 is 0 Å². The Morgan fingerprint density at radius 3 is 2.46 bits per heavy atom. The smallest absolute Gasteiger partial charge is 0.251 e. The number of fused-ring (bicyclic) bond motifs is 1. The van der Waals surface area contributed by atoms with E-state index in [-0.39, 0.29) is 4.21 Å². The topological polar surface area (TPSA) is 49.4 Å². The fraction of sp³-hybridized carbons (Fsp3) is 0.176. The molecule has 4 nitrogen and oxygen atoms in total. The van der Waals surface area contributed by atoms with Gasteiger partial charge in [-0.1, -0.05) is 48.0 Å². The van der Waals surface area contributed by atoms with Crippen LogP contribution in [-0.2, 0) is 10.0 Å². The van der Waals surface area contributed by atoms with Gasteiger partial charge in [-0.2, -0.15) is 0 Å². The van der Waals surface area contributed by atoms with Gasteiger partial charge < -0.3 is 4.90 Å². The molecule has 24 heavy (non-hydrogen) atoms. The largest absolute Gasteiger partial charge is 0.373 e. The van der Waals surface area contributed by atoms with Crippen LogP contribution in [0.4, 0.5) is 5.69 Å². The molecule has 0 aliphatic rings. The lowest BCUT2D eigenvalue weighted by molar-refractivity contribution is 0.584. The quantitative estimate of drug-likeness (QED) is 0.703. The van der Waals surface area contributed by atoms with Gasteiger partial charge in [0.25, 0.3) is 10.0 Å². The molecular formula is C17H17ClN2O2S2. The predicted molar refractivity (Wildman–Crippen MR) is 102 cm³/mol. The van der Waals surface area contributed by atoms with Crippen LogP contribution in [0, 0.1) is 0 Å². The van der Waals surface area contributed by atoms with Crippen molar-refractivity contribution in [3.05, 3.63) is 59.6 Å². The number of anilines is 1. The fourth-order valence-electron chi connectivity index (χ4n) is 2.39. The van der Waals surface area contributed by atoms with E-state index < -0.39 is 10.0 Å². The Morgan fingerprint density at radius 2 is 1.75 bits per heavy atom. The van der Waals surface area contributed by atoms with Gasteiger partial charge in [0.1, 0.15) is 0 Å². The van der Waals surface area contributed by atoms with E-state index >= 15 is 0 Å². The summed E-state index contributed by atoms with van der Waals surface area (Å²) in [6.07, 6.45) is 0. The summed E-state index contributed by atoms with van der Waals surface area (Å²) in [6.45, 7) is 0.865. The van der Waals surface area contributed by atoms with Gasteiger partial charge in [0.05, 0.1) is 5.02 Å². The summed E-state index contributed by atoms with van der Waals surface area (Å²) in [5, 5.41) is 1.06. The molecule has 3 rings (SSSR count). The van der Waals surface area contributed by atoms with Crippen molar-refractivity contribution in [3.8, 4) is 0 Å². The second-order valence-electron chi connectivity index (χ2n) is 5.35. The molecule has 0 atom stereocenters. The minimum atomic E-state index is -3.62. The van der Waals surface area contributed by atoms with E-state index in [1.165, 1.54) is 11.3 Å². The predicted octanol–water partition coefficient (Wildman–Crippen LogP) is 3.97. The standard InChI is InChI=1S/C17H17ClN2O2S2/c1-20(13-7-3-2-4-8-13)12-11-19-24(21,22)17-16(18)14-9-5-6-10-15(14)23-17/h2-10,19H,11-12H2,1H3. The van der Waals surface area contributed by atoms with E-state index in [1.54, 1.807) is 0 Å². The molecule has 1 aromatic heterocycles. The summed E-state index contributed by atoms with van der Waals surface area (Å²) < 4.78 is 28.7. The number of thiophene rings is 1. The zero-order valence-corrected chi connectivity index (χ0v) is 15.5. The van der Waals surface area contributed by atoms with E-state index in [1.807, 2.05) is 66.5 Å². The first kappa shape index (κ1) is 17.2. The molecule has 0 aliphatic carbocycles. The van der Waals surface area contributed by atoms with Crippen LogP contribution < -0.4 is 9.62 Å². The highest BCUT2D eigenvalue weighted by molar-refractivity contribution is 7.92. The van der Waals surface area contributed by atoms with Crippen molar-refractivity contribution in [2.75, 3.05) is 25.0 Å². The Kier molecular flexibility index (Phi) is 5.10. The van der Waals surface area contributed by atoms with E-state index in [4.69, 9.17) is 11.6 Å². The van der Waals surface area contributed by atoms with Crippen molar-refractivity contribution in [2.24, 2.45) is 0 Å². The van der Waals surface area contributed by atoms with Crippen LogP contribution in [0.1, 0.15) is 0 Å². The van der Waals surface area contributed by atoms with Crippen LogP contribution in [0.25, 0.3) is 10.1 Å². The number of benzene rings is 2. The summed E-state index contributed by atoms with van der Waals surface area (Å²) in [6, 6.07) is 17.2. The summed E-state index contributed by atoms with van der Waals surface area (Å²) >= 11 is 7.45. The average molecular weight is 381 g/mol. The van der Waals surface area contributed by atoms with Crippen LogP contribution in [0.2, 0.25) is 5.02 Å². The lowest BCUT2D eigenvalue weighted by Gasteiger charge is -2.19. The van der Waals surface area contributed by atoms with E-state index in [0.717, 1.165) is 15.8 Å². The van der Waals surface area contributed by atoms with E-state index in [0.29, 0.717) is 18.1 Å². The van der Waals surface area contributed by atoms with Gasteiger partial charge in [-0.05, 0) is 18.2 Å². The number of likely N-dealkylation sites (N-methyl/N-ethyl adjacent to an activating group) is 1. The highest BCUT2D eigenvalue weighted by Crippen LogP contribution is 2.37. The Labute approximate surface area is 150 Å². The molecule has 0 unspecified atom stereocenters. The molecule has 0 spiro atoms. The third kappa shape index (κ3) is 3.57. The zero-order chi connectivity index (χ0) is 17.2. The summed E-state index contributed by atoms with van der Waals surface area (Å²) in [5.41, 5.74) is 1.04. The minimum absolute atomic E-state index is 0.174. The number of rotatable bonds is 6. The molecule has 1 heterocycles. The van der Waals surface area contributed by atoms with Crippen molar-refractivity contribution in [3.63, 3.8) is 0 Å². The first-order chi connectivity index (χ1) is 11.5. The van der Waals surface area contributed by atoms with Gasteiger partial charge in [-0.3, -0.25) is 0 Å². The molecule has 0 amide bonds. The van der Waals surface area contributed by atoms with Crippen molar-refractivity contribution in [1.29, 1.82) is 0 Å². The monoisotopic (exact) mass is 380 g/mol. The number of sulfonamides is 1. The number of hydrogen-bond donors (Lipinski definition) is 1. The Bertz CT molecular complexity index is 940. The molecule has 0 saturated heterocycles. The number of para-hydroxylation sites is 1. The summed E-state index contributed by atoms with van der Waals surface area (Å²) in [5.74, 6) is 0. The van der Waals surface area contributed by atoms with Gasteiger partial charge in [-0.15, -0.1) is 11.3 Å². The highest BCUT2D eigenvalue weighted by atomic mass is 35.5. The molecule has 7 heteroatoms. The lowest BCUT2D eigenvalue weighted by atomic mass is 10.3. The maximum absolute atomic E-state index is 12.5. The Morgan fingerprint density at radius 1 is 1.08 bits per heavy atom. The van der Waals surface area contributed by atoms with Crippen LogP contribution in [-0.4, -0.2) is 28.6 Å². The number of nitrogens with one attached hydrogen (secondary N) is 1. The number of nitrogens with zero attached hydrogens (tertiary/aromatic N) is 1.